The van der Waals surface area contributed by atoms with Gasteiger partial charge in [0.05, 0.1) is 12.7 Å². The summed E-state index contributed by atoms with van der Waals surface area (Å²) >= 11 is 1.04. The van der Waals surface area contributed by atoms with Crippen LogP contribution in [0.25, 0.3) is 17.0 Å². The third-order valence-electron chi connectivity index (χ3n) is 3.90. The van der Waals surface area contributed by atoms with E-state index < -0.39 is 18.9 Å². The van der Waals surface area contributed by atoms with Gasteiger partial charge in [-0.05, 0) is 25.0 Å². The number of carbonyl (C=O) groups is 2. The zero-order chi connectivity index (χ0) is 19.0. The maximum Gasteiger partial charge on any atom is 0.280 e. The third kappa shape index (κ3) is 3.92. The van der Waals surface area contributed by atoms with E-state index in [0.717, 1.165) is 24.2 Å². The Morgan fingerprint density at radius 1 is 1.26 bits per heavy atom. The van der Waals surface area contributed by atoms with Gasteiger partial charge in [-0.25, -0.2) is 23.3 Å². The molecule has 1 aliphatic rings. The number of anilines is 1. The Balaban J connectivity index is 1.51. The van der Waals surface area contributed by atoms with E-state index in [0.29, 0.717) is 22.9 Å². The number of nitrogens with one attached hydrogen (secondary N) is 2. The van der Waals surface area contributed by atoms with Crippen molar-refractivity contribution in [1.29, 1.82) is 0 Å². The van der Waals surface area contributed by atoms with Crippen LogP contribution >= 0.6 is 11.3 Å². The fourth-order valence-corrected chi connectivity index (χ4v) is 3.12. The van der Waals surface area contributed by atoms with Crippen molar-refractivity contribution in [3.05, 3.63) is 28.7 Å². The molecule has 27 heavy (non-hydrogen) atoms. The van der Waals surface area contributed by atoms with Gasteiger partial charge in [-0.15, -0.1) is 11.3 Å². The second-order valence-electron chi connectivity index (χ2n) is 6.05. The van der Waals surface area contributed by atoms with Crippen LogP contribution in [0.15, 0.2) is 23.7 Å². The quantitative estimate of drug-likeness (QED) is 0.670. The van der Waals surface area contributed by atoms with Crippen molar-refractivity contribution >= 4 is 34.6 Å². The van der Waals surface area contributed by atoms with Gasteiger partial charge in [-0.3, -0.25) is 9.59 Å². The molecule has 0 radical (unpaired) electrons. The molecule has 1 fully saturated rings. The number of imidazole rings is 1. The summed E-state index contributed by atoms with van der Waals surface area (Å²) in [6.07, 6.45) is 0.785. The van der Waals surface area contributed by atoms with Crippen LogP contribution < -0.4 is 10.6 Å². The van der Waals surface area contributed by atoms with Crippen molar-refractivity contribution < 1.29 is 18.4 Å². The standard InChI is InChI=1S/C16H14F2N6O2S/c17-11(18)5-19-15(26)16-20-10(7-27-16)9-3-4-13-21-12(6-24(13)23-9)22-14(25)8-1-2-8/h3-4,6-8,11H,1-2,5H2,(H,19,26)(H,22,25). The van der Waals surface area contributed by atoms with Crippen LogP contribution in [0.1, 0.15) is 22.6 Å². The lowest BCUT2D eigenvalue weighted by Gasteiger charge is -2.00. The molecule has 140 valence electrons. The van der Waals surface area contributed by atoms with Crippen LogP contribution in [0.2, 0.25) is 0 Å². The van der Waals surface area contributed by atoms with E-state index in [1.165, 1.54) is 4.52 Å². The lowest BCUT2D eigenvalue weighted by atomic mass is 10.3. The van der Waals surface area contributed by atoms with E-state index in [-0.39, 0.29) is 16.8 Å². The highest BCUT2D eigenvalue weighted by atomic mass is 32.1. The summed E-state index contributed by atoms with van der Waals surface area (Å²) in [5.74, 6) is -0.206. The lowest BCUT2D eigenvalue weighted by Crippen LogP contribution is -2.28. The van der Waals surface area contributed by atoms with Crippen LogP contribution in [-0.2, 0) is 4.79 Å². The summed E-state index contributed by atoms with van der Waals surface area (Å²) in [4.78, 5) is 32.1. The van der Waals surface area contributed by atoms with Gasteiger partial charge in [-0.1, -0.05) is 0 Å². The van der Waals surface area contributed by atoms with Crippen LogP contribution in [0, 0.1) is 5.92 Å². The molecule has 11 heteroatoms. The molecule has 4 rings (SSSR count). The third-order valence-corrected chi connectivity index (χ3v) is 4.74. The molecule has 0 aromatic carbocycles. The van der Waals surface area contributed by atoms with Crippen LogP contribution in [0.4, 0.5) is 14.6 Å². The number of alkyl halides is 2. The average molecular weight is 392 g/mol. The Labute approximate surface area is 155 Å². The van der Waals surface area contributed by atoms with Gasteiger partial charge in [0.15, 0.2) is 16.5 Å². The fourth-order valence-electron chi connectivity index (χ4n) is 2.39. The minimum atomic E-state index is -2.62. The van der Waals surface area contributed by atoms with Gasteiger partial charge in [-0.2, -0.15) is 5.10 Å². The van der Waals surface area contributed by atoms with E-state index in [1.54, 1.807) is 23.7 Å². The van der Waals surface area contributed by atoms with Crippen molar-refractivity contribution in [2.45, 2.75) is 19.3 Å². The number of fused-ring (bicyclic) bond motifs is 1. The van der Waals surface area contributed by atoms with Crippen LogP contribution in [0.5, 0.6) is 0 Å². The molecule has 3 heterocycles. The number of nitrogens with zero attached hydrogens (tertiary/aromatic N) is 4. The predicted octanol–water partition coefficient (Wildman–Crippen LogP) is 2.20. The van der Waals surface area contributed by atoms with Crippen LogP contribution in [0.3, 0.4) is 0 Å². The van der Waals surface area contributed by atoms with E-state index in [1.807, 2.05) is 0 Å². The summed E-state index contributed by atoms with van der Waals surface area (Å²) in [5.41, 5.74) is 1.49. The fraction of sp³-hybridized carbons (Fsp3) is 0.312. The molecule has 0 spiro atoms. The molecule has 0 unspecified atom stereocenters. The highest BCUT2D eigenvalue weighted by Crippen LogP contribution is 2.30. The first kappa shape index (κ1) is 17.5. The molecule has 0 atom stereocenters. The molecule has 3 aromatic heterocycles. The van der Waals surface area contributed by atoms with Gasteiger partial charge >= 0.3 is 0 Å². The Bertz CT molecular complexity index is 1010. The number of carbonyl (C=O) groups excluding carboxylic acids is 2. The van der Waals surface area contributed by atoms with Crippen molar-refractivity contribution in [3.63, 3.8) is 0 Å². The minimum absolute atomic E-state index is 0.0439. The maximum absolute atomic E-state index is 12.2. The number of halogens is 2. The highest BCUT2D eigenvalue weighted by molar-refractivity contribution is 7.12. The van der Waals surface area contributed by atoms with Gasteiger partial charge in [0.1, 0.15) is 11.4 Å². The van der Waals surface area contributed by atoms with Gasteiger partial charge in [0.25, 0.3) is 12.3 Å². The first-order valence-electron chi connectivity index (χ1n) is 8.19. The Morgan fingerprint density at radius 3 is 2.81 bits per heavy atom. The molecule has 1 aliphatic carbocycles. The molecular formula is C16H14F2N6O2S. The second kappa shape index (κ2) is 6.99. The monoisotopic (exact) mass is 392 g/mol. The number of thiazole rings is 1. The summed E-state index contributed by atoms with van der Waals surface area (Å²) < 4.78 is 25.9. The molecule has 2 amide bonds. The van der Waals surface area contributed by atoms with Crippen LogP contribution in [-0.4, -0.2) is 44.4 Å². The van der Waals surface area contributed by atoms with E-state index in [4.69, 9.17) is 0 Å². The summed E-state index contributed by atoms with van der Waals surface area (Å²) in [6.45, 7) is -0.720. The Morgan fingerprint density at radius 2 is 2.07 bits per heavy atom. The first-order valence-corrected chi connectivity index (χ1v) is 9.07. The van der Waals surface area contributed by atoms with Crippen molar-refractivity contribution in [2.24, 2.45) is 5.92 Å². The topological polar surface area (TPSA) is 101 Å². The molecule has 0 bridgehead atoms. The molecule has 0 saturated heterocycles. The van der Waals surface area contributed by atoms with E-state index >= 15 is 0 Å². The molecule has 0 aliphatic heterocycles. The zero-order valence-corrected chi connectivity index (χ0v) is 14.7. The molecule has 3 aromatic rings. The highest BCUT2D eigenvalue weighted by Gasteiger charge is 2.30. The predicted molar refractivity (Wildman–Crippen MR) is 93.8 cm³/mol. The largest absolute Gasteiger partial charge is 0.344 e. The van der Waals surface area contributed by atoms with Crippen molar-refractivity contribution in [1.82, 2.24) is 24.9 Å². The number of aromatic nitrogens is 4. The van der Waals surface area contributed by atoms with E-state index in [2.05, 4.69) is 25.7 Å². The molecule has 8 nitrogen and oxygen atoms in total. The number of hydrogen-bond acceptors (Lipinski definition) is 6. The minimum Gasteiger partial charge on any atom is -0.344 e. The Hall–Kier alpha value is -2.95. The van der Waals surface area contributed by atoms with Gasteiger partial charge < -0.3 is 10.6 Å². The molecule has 1 saturated carbocycles. The summed E-state index contributed by atoms with van der Waals surface area (Å²) in [6, 6.07) is 3.40. The number of hydrogen-bond donors (Lipinski definition) is 2. The maximum atomic E-state index is 12.2. The number of amides is 2. The van der Waals surface area contributed by atoms with Crippen molar-refractivity contribution in [2.75, 3.05) is 11.9 Å². The Kier molecular flexibility index (Phi) is 4.52. The zero-order valence-electron chi connectivity index (χ0n) is 13.9. The van der Waals surface area contributed by atoms with Gasteiger partial charge in [0, 0.05) is 11.3 Å². The normalized spacial score (nSPS) is 13.9. The molecule has 2 N–H and O–H groups in total. The first-order chi connectivity index (χ1) is 13.0. The summed E-state index contributed by atoms with van der Waals surface area (Å²) in [7, 11) is 0. The van der Waals surface area contributed by atoms with E-state index in [9.17, 15) is 18.4 Å². The van der Waals surface area contributed by atoms with Gasteiger partial charge in [0.2, 0.25) is 5.91 Å². The molecular weight excluding hydrogens is 378 g/mol. The SMILES string of the molecule is O=C(NCC(F)F)c1nc(-c2ccc3nc(NC(=O)C4CC4)cn3n2)cs1. The van der Waals surface area contributed by atoms with Crippen molar-refractivity contribution in [3.8, 4) is 11.4 Å². The summed E-state index contributed by atoms with van der Waals surface area (Å²) in [5, 5.41) is 10.9. The second-order valence-corrected chi connectivity index (χ2v) is 6.91. The lowest BCUT2D eigenvalue weighted by molar-refractivity contribution is -0.117. The smallest absolute Gasteiger partial charge is 0.280 e. The number of rotatable bonds is 6. The average Bonchev–Trinajstić information content (AvgIpc) is 3.24.